The third-order valence-corrected chi connectivity index (χ3v) is 4.78. The van der Waals surface area contributed by atoms with Gasteiger partial charge in [-0.05, 0) is 42.7 Å². The maximum Gasteiger partial charge on any atom is 0.233 e. The lowest BCUT2D eigenvalue weighted by Gasteiger charge is -2.10. The van der Waals surface area contributed by atoms with Gasteiger partial charge in [-0.3, -0.25) is 0 Å². The fourth-order valence-electron chi connectivity index (χ4n) is 3.12. The van der Waals surface area contributed by atoms with Crippen LogP contribution in [0.2, 0.25) is 0 Å². The quantitative estimate of drug-likeness (QED) is 0.560. The topological polar surface area (TPSA) is 35.8 Å². The van der Waals surface area contributed by atoms with Crippen LogP contribution in [0.1, 0.15) is 57.2 Å². The van der Waals surface area contributed by atoms with Gasteiger partial charge < -0.3 is 14.0 Å². The van der Waals surface area contributed by atoms with E-state index in [4.69, 9.17) is 9.47 Å². The van der Waals surface area contributed by atoms with Gasteiger partial charge in [0, 0.05) is 12.7 Å². The lowest BCUT2D eigenvalue weighted by atomic mass is 10.2. The predicted molar refractivity (Wildman–Crippen MR) is 106 cm³/mol. The van der Waals surface area contributed by atoms with E-state index in [9.17, 15) is 0 Å². The highest BCUT2D eigenvalue weighted by Gasteiger charge is 2.20. The molecule has 140 valence electrons. The first-order valence-corrected chi connectivity index (χ1v) is 9.88. The zero-order valence-corrected chi connectivity index (χ0v) is 16.0. The summed E-state index contributed by atoms with van der Waals surface area (Å²) in [6.45, 7) is 6.67. The van der Waals surface area contributed by atoms with Crippen molar-refractivity contribution in [3.63, 3.8) is 0 Å². The Labute approximate surface area is 156 Å². The van der Waals surface area contributed by atoms with Crippen LogP contribution < -0.4 is 4.74 Å². The molecule has 0 unspecified atom stereocenters. The summed E-state index contributed by atoms with van der Waals surface area (Å²) in [7, 11) is 0. The van der Waals surface area contributed by atoms with E-state index in [0.717, 1.165) is 43.3 Å². The molecule has 0 spiro atoms. The molecule has 26 heavy (non-hydrogen) atoms. The van der Waals surface area contributed by atoms with Gasteiger partial charge in [0.1, 0.15) is 18.1 Å². The van der Waals surface area contributed by atoms with Crippen molar-refractivity contribution in [3.8, 4) is 5.75 Å². The van der Waals surface area contributed by atoms with Crippen LogP contribution in [0.3, 0.4) is 0 Å². The van der Waals surface area contributed by atoms with Crippen LogP contribution in [-0.2, 0) is 11.3 Å². The SMILES string of the molecule is CCCCCCOc1ccc(Cn2cccc2C2=N[C@H](CC)CO2)cc1. The maximum atomic E-state index is 5.83. The molecule has 4 heteroatoms. The van der Waals surface area contributed by atoms with Gasteiger partial charge in [-0.25, -0.2) is 4.99 Å². The zero-order chi connectivity index (χ0) is 18.2. The Kier molecular flexibility index (Phi) is 6.75. The summed E-state index contributed by atoms with van der Waals surface area (Å²) < 4.78 is 13.8. The Morgan fingerprint density at radius 2 is 1.96 bits per heavy atom. The highest BCUT2D eigenvalue weighted by molar-refractivity contribution is 5.93. The van der Waals surface area contributed by atoms with E-state index in [1.54, 1.807) is 0 Å². The molecule has 0 aliphatic carbocycles. The van der Waals surface area contributed by atoms with Gasteiger partial charge in [0.15, 0.2) is 0 Å². The van der Waals surface area contributed by atoms with Crippen molar-refractivity contribution in [2.24, 2.45) is 4.99 Å². The third-order valence-electron chi connectivity index (χ3n) is 4.78. The van der Waals surface area contributed by atoms with E-state index in [0.29, 0.717) is 12.6 Å². The first-order chi connectivity index (χ1) is 12.8. The van der Waals surface area contributed by atoms with Crippen molar-refractivity contribution in [2.75, 3.05) is 13.2 Å². The molecule has 1 aromatic carbocycles. The van der Waals surface area contributed by atoms with Crippen molar-refractivity contribution in [3.05, 3.63) is 53.9 Å². The van der Waals surface area contributed by atoms with Gasteiger partial charge in [-0.2, -0.15) is 0 Å². The predicted octanol–water partition coefficient (Wildman–Crippen LogP) is 5.05. The minimum atomic E-state index is 0.294. The lowest BCUT2D eigenvalue weighted by Crippen LogP contribution is -2.10. The average molecular weight is 354 g/mol. The number of ether oxygens (including phenoxy) is 2. The molecule has 1 atom stereocenters. The van der Waals surface area contributed by atoms with Crippen molar-refractivity contribution < 1.29 is 9.47 Å². The second-order valence-corrected chi connectivity index (χ2v) is 6.88. The molecule has 0 saturated carbocycles. The number of hydrogen-bond donors (Lipinski definition) is 0. The molecule has 1 aromatic heterocycles. The smallest absolute Gasteiger partial charge is 0.233 e. The number of benzene rings is 1. The van der Waals surface area contributed by atoms with Crippen LogP contribution in [0.5, 0.6) is 5.75 Å². The first kappa shape index (κ1) is 18.6. The highest BCUT2D eigenvalue weighted by Crippen LogP contribution is 2.18. The molecule has 2 aromatic rings. The van der Waals surface area contributed by atoms with Gasteiger partial charge >= 0.3 is 0 Å². The van der Waals surface area contributed by atoms with Gasteiger partial charge in [0.05, 0.1) is 12.6 Å². The molecule has 1 aliphatic heterocycles. The molecule has 0 saturated heterocycles. The van der Waals surface area contributed by atoms with Crippen LogP contribution >= 0.6 is 0 Å². The minimum absolute atomic E-state index is 0.294. The Morgan fingerprint density at radius 3 is 2.69 bits per heavy atom. The molecular formula is C22H30N2O2. The van der Waals surface area contributed by atoms with Gasteiger partial charge in [-0.15, -0.1) is 0 Å². The van der Waals surface area contributed by atoms with Crippen molar-refractivity contribution >= 4 is 5.90 Å². The van der Waals surface area contributed by atoms with E-state index in [-0.39, 0.29) is 0 Å². The Morgan fingerprint density at radius 1 is 1.12 bits per heavy atom. The standard InChI is InChI=1S/C22H30N2O2/c1-3-5-6-7-15-25-20-12-10-18(11-13-20)16-24-14-8-9-21(24)22-23-19(4-2)17-26-22/h8-14,19H,3-7,15-17H2,1-2H3/t19-/m1/s1. The average Bonchev–Trinajstić information content (AvgIpc) is 3.31. The summed E-state index contributed by atoms with van der Waals surface area (Å²) in [5, 5.41) is 0. The number of unbranched alkanes of at least 4 members (excludes halogenated alkanes) is 3. The van der Waals surface area contributed by atoms with Crippen molar-refractivity contribution in [1.29, 1.82) is 0 Å². The Balaban J connectivity index is 1.56. The molecule has 4 nitrogen and oxygen atoms in total. The van der Waals surface area contributed by atoms with Gasteiger partial charge in [0.2, 0.25) is 5.90 Å². The monoisotopic (exact) mass is 354 g/mol. The molecule has 0 bridgehead atoms. The molecule has 0 radical (unpaired) electrons. The van der Waals surface area contributed by atoms with Gasteiger partial charge in [0.25, 0.3) is 0 Å². The van der Waals surface area contributed by atoms with Crippen LogP contribution in [0.15, 0.2) is 47.6 Å². The van der Waals surface area contributed by atoms with Crippen LogP contribution in [0.4, 0.5) is 0 Å². The zero-order valence-electron chi connectivity index (χ0n) is 16.0. The molecule has 0 amide bonds. The summed E-state index contributed by atoms with van der Waals surface area (Å²) in [4.78, 5) is 4.67. The summed E-state index contributed by atoms with van der Waals surface area (Å²) in [6.07, 6.45) is 8.02. The number of aliphatic imine (C=N–C) groups is 1. The molecule has 0 fully saturated rings. The van der Waals surface area contributed by atoms with Crippen LogP contribution in [-0.4, -0.2) is 29.7 Å². The minimum Gasteiger partial charge on any atom is -0.494 e. The molecule has 3 rings (SSSR count). The third kappa shape index (κ3) is 4.90. The number of aromatic nitrogens is 1. The second-order valence-electron chi connectivity index (χ2n) is 6.88. The fraction of sp³-hybridized carbons (Fsp3) is 0.500. The lowest BCUT2D eigenvalue weighted by molar-refractivity contribution is 0.305. The van der Waals surface area contributed by atoms with E-state index in [1.165, 1.54) is 24.8 Å². The van der Waals surface area contributed by atoms with Gasteiger partial charge in [-0.1, -0.05) is 45.2 Å². The number of nitrogens with zero attached hydrogens (tertiary/aromatic N) is 2. The maximum absolute atomic E-state index is 5.83. The largest absolute Gasteiger partial charge is 0.494 e. The first-order valence-electron chi connectivity index (χ1n) is 9.88. The van der Waals surface area contributed by atoms with Crippen molar-refractivity contribution in [1.82, 2.24) is 4.57 Å². The Bertz CT molecular complexity index is 703. The summed E-state index contributed by atoms with van der Waals surface area (Å²) in [5.74, 6) is 1.72. The van der Waals surface area contributed by atoms with Crippen LogP contribution in [0, 0.1) is 0 Å². The van der Waals surface area contributed by atoms with E-state index in [1.807, 2.05) is 6.07 Å². The fourth-order valence-corrected chi connectivity index (χ4v) is 3.12. The van der Waals surface area contributed by atoms with Crippen molar-refractivity contribution in [2.45, 2.75) is 58.5 Å². The number of hydrogen-bond acceptors (Lipinski definition) is 3. The second kappa shape index (κ2) is 9.46. The molecule has 0 N–H and O–H groups in total. The summed E-state index contributed by atoms with van der Waals surface area (Å²) in [5.41, 5.74) is 2.30. The number of rotatable bonds is 10. The normalized spacial score (nSPS) is 16.4. The summed E-state index contributed by atoms with van der Waals surface area (Å²) >= 11 is 0. The Hall–Kier alpha value is -2.23. The van der Waals surface area contributed by atoms with E-state index < -0.39 is 0 Å². The van der Waals surface area contributed by atoms with E-state index in [2.05, 4.69) is 59.9 Å². The molecule has 1 aliphatic rings. The van der Waals surface area contributed by atoms with E-state index >= 15 is 0 Å². The molecular weight excluding hydrogens is 324 g/mol. The summed E-state index contributed by atoms with van der Waals surface area (Å²) in [6, 6.07) is 12.8. The van der Waals surface area contributed by atoms with Crippen LogP contribution in [0.25, 0.3) is 0 Å². The highest BCUT2D eigenvalue weighted by atomic mass is 16.5. The molecule has 2 heterocycles.